The van der Waals surface area contributed by atoms with Crippen molar-refractivity contribution in [3.63, 3.8) is 0 Å². The molecule has 1 saturated carbocycles. The summed E-state index contributed by atoms with van der Waals surface area (Å²) >= 11 is 0. The maximum atomic E-state index is 13.0. The molecule has 0 aliphatic heterocycles. The van der Waals surface area contributed by atoms with Gasteiger partial charge in [0.1, 0.15) is 10.5 Å². The number of carbonyl (C=O) groups is 1. The summed E-state index contributed by atoms with van der Waals surface area (Å²) in [5.41, 5.74) is -0.0543. The molecule has 0 aromatic carbocycles. The van der Waals surface area contributed by atoms with E-state index in [1.165, 1.54) is 13.8 Å². The number of hydrogen-bond donors (Lipinski definition) is 1. The van der Waals surface area contributed by atoms with Crippen LogP contribution in [-0.2, 0) is 31.2 Å². The maximum Gasteiger partial charge on any atom is 0.162 e. The molecule has 0 spiro atoms. The van der Waals surface area contributed by atoms with Gasteiger partial charge in [-0.1, -0.05) is 19.0 Å². The van der Waals surface area contributed by atoms with Crippen molar-refractivity contribution in [2.24, 2.45) is 5.92 Å². The normalized spacial score (nSPS) is 21.6. The van der Waals surface area contributed by atoms with E-state index in [-0.39, 0.29) is 30.8 Å². The second kappa shape index (κ2) is 8.63. The highest BCUT2D eigenvalue weighted by Gasteiger charge is 2.43. The van der Waals surface area contributed by atoms with E-state index in [2.05, 4.69) is 5.16 Å². The quantitative estimate of drug-likeness (QED) is 0.660. The van der Waals surface area contributed by atoms with Crippen molar-refractivity contribution in [2.75, 3.05) is 19.5 Å². The summed E-state index contributed by atoms with van der Waals surface area (Å²) in [5, 5.41) is 13.3. The van der Waals surface area contributed by atoms with Gasteiger partial charge in [-0.05, 0) is 45.4 Å². The Morgan fingerprint density at radius 3 is 2.39 bits per heavy atom. The van der Waals surface area contributed by atoms with Crippen LogP contribution in [0.2, 0.25) is 0 Å². The topological polar surface area (TPSA) is 107 Å². The number of ether oxygens (including phenoxy) is 1. The van der Waals surface area contributed by atoms with Crippen molar-refractivity contribution < 1.29 is 27.6 Å². The lowest BCUT2D eigenvalue weighted by atomic mass is 9.89. The van der Waals surface area contributed by atoms with Crippen molar-refractivity contribution >= 4 is 15.6 Å². The molecule has 1 fully saturated rings. The number of sulfone groups is 1. The Balaban J connectivity index is 2.05. The highest BCUT2D eigenvalue weighted by atomic mass is 32.2. The molecule has 1 heterocycles. The van der Waals surface area contributed by atoms with Crippen LogP contribution in [0.15, 0.2) is 10.6 Å². The lowest BCUT2D eigenvalue weighted by Gasteiger charge is -2.30. The van der Waals surface area contributed by atoms with Gasteiger partial charge in [-0.3, -0.25) is 4.79 Å². The molecule has 7 nitrogen and oxygen atoms in total. The number of hydrogen-bond acceptors (Lipinski definition) is 7. The number of Topliss-reactive ketones (excluding diaryl/α,β-unsaturated/α-hetero) is 1. The fraction of sp³-hybridized carbons (Fsp3) is 0.800. The number of aliphatic hydroxyl groups excluding tert-OH is 1. The predicted molar refractivity (Wildman–Crippen MR) is 106 cm³/mol. The van der Waals surface area contributed by atoms with Gasteiger partial charge in [-0.2, -0.15) is 0 Å². The zero-order valence-corrected chi connectivity index (χ0v) is 18.3. The Kier molecular flexibility index (Phi) is 7.10. The first-order valence-corrected chi connectivity index (χ1v) is 11.4. The Hall–Kier alpha value is -1.25. The van der Waals surface area contributed by atoms with Crippen molar-refractivity contribution in [1.29, 1.82) is 0 Å². The molecule has 0 atom stereocenters. The third-order valence-electron chi connectivity index (χ3n) is 6.01. The van der Waals surface area contributed by atoms with Crippen molar-refractivity contribution in [2.45, 2.75) is 76.1 Å². The molecule has 0 amide bonds. The van der Waals surface area contributed by atoms with Crippen LogP contribution < -0.4 is 0 Å². The highest BCUT2D eigenvalue weighted by Crippen LogP contribution is 2.31. The Bertz CT molecular complexity index is 772. The third-order valence-corrected chi connectivity index (χ3v) is 8.71. The number of aliphatic hydroxyl groups is 1. The molecule has 2 rings (SSSR count). The van der Waals surface area contributed by atoms with Gasteiger partial charge >= 0.3 is 0 Å². The molecule has 0 saturated heterocycles. The van der Waals surface area contributed by atoms with Crippen LogP contribution >= 0.6 is 0 Å². The highest BCUT2D eigenvalue weighted by molar-refractivity contribution is 7.93. The minimum Gasteiger partial charge on any atom is -0.395 e. The predicted octanol–water partition coefficient (Wildman–Crippen LogP) is 2.45. The van der Waals surface area contributed by atoms with Gasteiger partial charge in [0.05, 0.1) is 30.6 Å². The fourth-order valence-electron chi connectivity index (χ4n) is 3.39. The Morgan fingerprint density at radius 2 is 1.86 bits per heavy atom. The largest absolute Gasteiger partial charge is 0.395 e. The standard InChI is InChI=1S/C20H33NO6S/c1-19(2,13-22)17-10-16(27-21-17)11-18(23)20(3,4)28(24,25)12-14-6-8-15(26-5)9-7-14/h10,14-15,22H,6-9,11-13H2,1-5H3. The number of rotatable bonds is 9. The molecular weight excluding hydrogens is 382 g/mol. The molecule has 1 aromatic heterocycles. The van der Waals surface area contributed by atoms with Crippen LogP contribution in [0.1, 0.15) is 64.8 Å². The van der Waals surface area contributed by atoms with E-state index in [1.54, 1.807) is 13.2 Å². The van der Waals surface area contributed by atoms with Crippen LogP contribution in [0.25, 0.3) is 0 Å². The molecule has 160 valence electrons. The van der Waals surface area contributed by atoms with E-state index in [1.807, 2.05) is 13.8 Å². The summed E-state index contributed by atoms with van der Waals surface area (Å²) in [7, 11) is -1.94. The lowest BCUT2D eigenvalue weighted by molar-refractivity contribution is -0.120. The molecule has 0 radical (unpaired) electrons. The number of nitrogens with zero attached hydrogens (tertiary/aromatic N) is 1. The third kappa shape index (κ3) is 5.02. The van der Waals surface area contributed by atoms with Gasteiger partial charge in [-0.15, -0.1) is 0 Å². The smallest absolute Gasteiger partial charge is 0.162 e. The maximum absolute atomic E-state index is 13.0. The van der Waals surface area contributed by atoms with E-state index in [0.29, 0.717) is 11.5 Å². The summed E-state index contributed by atoms with van der Waals surface area (Å²) in [5.74, 6) is -0.0276. The first-order valence-electron chi connectivity index (χ1n) is 9.78. The molecule has 0 unspecified atom stereocenters. The van der Waals surface area contributed by atoms with E-state index in [0.717, 1.165) is 25.7 Å². The van der Waals surface area contributed by atoms with Crippen LogP contribution in [0.4, 0.5) is 0 Å². The van der Waals surface area contributed by atoms with Gasteiger partial charge in [0.2, 0.25) is 0 Å². The summed E-state index contributed by atoms with van der Waals surface area (Å²) in [6, 6.07) is 1.61. The number of methoxy groups -OCH3 is 1. The molecule has 8 heteroatoms. The Morgan fingerprint density at radius 1 is 1.25 bits per heavy atom. The average molecular weight is 416 g/mol. The molecule has 1 aliphatic carbocycles. The van der Waals surface area contributed by atoms with E-state index < -0.39 is 25.8 Å². The zero-order valence-electron chi connectivity index (χ0n) is 17.5. The lowest BCUT2D eigenvalue weighted by Crippen LogP contribution is -2.44. The van der Waals surface area contributed by atoms with Gasteiger partial charge < -0.3 is 14.4 Å². The van der Waals surface area contributed by atoms with Crippen molar-refractivity contribution in [3.05, 3.63) is 17.5 Å². The summed E-state index contributed by atoms with van der Waals surface area (Å²) in [4.78, 5) is 12.8. The van der Waals surface area contributed by atoms with Crippen molar-refractivity contribution in [1.82, 2.24) is 5.16 Å². The van der Waals surface area contributed by atoms with E-state index >= 15 is 0 Å². The van der Waals surface area contributed by atoms with Gasteiger partial charge in [-0.25, -0.2) is 8.42 Å². The van der Waals surface area contributed by atoms with Crippen molar-refractivity contribution in [3.8, 4) is 0 Å². The Labute approximate surface area is 167 Å². The second-order valence-electron chi connectivity index (χ2n) is 8.99. The van der Waals surface area contributed by atoms with Gasteiger partial charge in [0, 0.05) is 18.6 Å². The monoisotopic (exact) mass is 415 g/mol. The first-order chi connectivity index (χ1) is 12.9. The average Bonchev–Trinajstić information content (AvgIpc) is 3.11. The molecule has 1 N–H and O–H groups in total. The minimum absolute atomic E-state index is 0.0153. The second-order valence-corrected chi connectivity index (χ2v) is 11.6. The molecule has 1 aliphatic rings. The van der Waals surface area contributed by atoms with E-state index in [9.17, 15) is 18.3 Å². The number of carbonyl (C=O) groups excluding carboxylic acids is 1. The summed E-state index contributed by atoms with van der Waals surface area (Å²) < 4.78 is 35.0. The number of aromatic nitrogens is 1. The fourth-order valence-corrected chi connectivity index (χ4v) is 5.18. The van der Waals surface area contributed by atoms with Crippen LogP contribution in [-0.4, -0.2) is 54.8 Å². The van der Waals surface area contributed by atoms with Crippen LogP contribution in [0.5, 0.6) is 0 Å². The molecular formula is C20H33NO6S. The van der Waals surface area contributed by atoms with Gasteiger partial charge in [0.15, 0.2) is 15.6 Å². The summed E-state index contributed by atoms with van der Waals surface area (Å²) in [6.07, 6.45) is 3.36. The number of ketones is 1. The van der Waals surface area contributed by atoms with Crippen LogP contribution in [0.3, 0.4) is 0 Å². The van der Waals surface area contributed by atoms with E-state index in [4.69, 9.17) is 9.26 Å². The van der Waals surface area contributed by atoms with Gasteiger partial charge in [0.25, 0.3) is 0 Å². The molecule has 28 heavy (non-hydrogen) atoms. The van der Waals surface area contributed by atoms with Crippen LogP contribution in [0, 0.1) is 5.92 Å². The first kappa shape index (κ1) is 23.0. The molecule has 1 aromatic rings. The summed E-state index contributed by atoms with van der Waals surface area (Å²) in [6.45, 7) is 6.45. The SMILES string of the molecule is COC1CCC(CS(=O)(=O)C(C)(C)C(=O)Cc2cc(C(C)(C)CO)no2)CC1. The minimum atomic E-state index is -3.62. The molecule has 0 bridgehead atoms. The zero-order chi connectivity index (χ0) is 21.2.